The molecule has 1 heterocycles. The van der Waals surface area contributed by atoms with Crippen molar-refractivity contribution < 1.29 is 0 Å². The van der Waals surface area contributed by atoms with Crippen molar-refractivity contribution in [3.8, 4) is 0 Å². The molecule has 1 N–H and O–H groups in total. The second-order valence-corrected chi connectivity index (χ2v) is 5.86. The lowest BCUT2D eigenvalue weighted by Crippen LogP contribution is -2.24. The first-order valence-corrected chi connectivity index (χ1v) is 7.55. The fourth-order valence-corrected chi connectivity index (χ4v) is 3.74. The average Bonchev–Trinajstić information content (AvgIpc) is 2.88. The van der Waals surface area contributed by atoms with Gasteiger partial charge in [-0.25, -0.2) is 9.97 Å². The van der Waals surface area contributed by atoms with E-state index in [1.807, 2.05) is 12.4 Å². The van der Waals surface area contributed by atoms with E-state index in [2.05, 4.69) is 34.0 Å². The third kappa shape index (κ3) is 3.96. The van der Waals surface area contributed by atoms with Gasteiger partial charge in [-0.1, -0.05) is 19.8 Å². The first-order chi connectivity index (χ1) is 8.40. The Bertz CT molecular complexity index is 312. The molecule has 0 spiro atoms. The summed E-state index contributed by atoms with van der Waals surface area (Å²) in [5.74, 6) is 1.13. The van der Waals surface area contributed by atoms with Gasteiger partial charge >= 0.3 is 0 Å². The number of nitrogens with zero attached hydrogens (tertiary/aromatic N) is 2. The Morgan fingerprint density at radius 3 is 2.71 bits per heavy atom. The molecule has 1 saturated carbocycles. The van der Waals surface area contributed by atoms with Crippen molar-refractivity contribution >= 4 is 11.8 Å². The molecule has 3 nitrogen and oxygen atoms in total. The molecule has 17 heavy (non-hydrogen) atoms. The van der Waals surface area contributed by atoms with Gasteiger partial charge in [0.15, 0.2) is 0 Å². The number of thioether (sulfide) groups is 1. The maximum atomic E-state index is 4.11. The van der Waals surface area contributed by atoms with Gasteiger partial charge in [0.05, 0.1) is 0 Å². The van der Waals surface area contributed by atoms with Crippen LogP contribution >= 0.6 is 11.8 Å². The molecule has 4 heteroatoms. The molecule has 0 saturated heterocycles. The first-order valence-electron chi connectivity index (χ1n) is 6.50. The minimum Gasteiger partial charge on any atom is -0.309 e. The summed E-state index contributed by atoms with van der Waals surface area (Å²) >= 11 is 2.11. The third-order valence-electron chi connectivity index (χ3n) is 3.23. The molecule has 94 valence electrons. The second kappa shape index (κ2) is 6.97. The van der Waals surface area contributed by atoms with Crippen molar-refractivity contribution in [2.75, 3.05) is 12.3 Å². The Balaban J connectivity index is 1.88. The van der Waals surface area contributed by atoms with Crippen molar-refractivity contribution in [3.63, 3.8) is 0 Å². The summed E-state index contributed by atoms with van der Waals surface area (Å²) in [6, 6.07) is 0.395. The fourth-order valence-electron chi connectivity index (χ4n) is 2.30. The average molecular weight is 251 g/mol. The minimum absolute atomic E-state index is 0.395. The molecule has 0 amide bonds. The summed E-state index contributed by atoms with van der Waals surface area (Å²) in [4.78, 5) is 8.21. The van der Waals surface area contributed by atoms with Gasteiger partial charge in [0.2, 0.25) is 0 Å². The Hall–Kier alpha value is -0.610. The van der Waals surface area contributed by atoms with Crippen LogP contribution in [0.1, 0.15) is 44.2 Å². The lowest BCUT2D eigenvalue weighted by Gasteiger charge is -2.19. The van der Waals surface area contributed by atoms with Gasteiger partial charge in [0.25, 0.3) is 0 Å². The number of hydrogen-bond acceptors (Lipinski definition) is 4. The molecule has 1 unspecified atom stereocenters. The van der Waals surface area contributed by atoms with Crippen LogP contribution in [0.15, 0.2) is 18.7 Å². The Kier molecular flexibility index (Phi) is 5.26. The van der Waals surface area contributed by atoms with Gasteiger partial charge < -0.3 is 5.32 Å². The third-order valence-corrected chi connectivity index (χ3v) is 4.70. The van der Waals surface area contributed by atoms with E-state index in [4.69, 9.17) is 0 Å². The van der Waals surface area contributed by atoms with Gasteiger partial charge in [0, 0.05) is 35.0 Å². The van der Waals surface area contributed by atoms with Crippen LogP contribution in [-0.2, 0) is 0 Å². The normalized spacial score (nSPS) is 18.4. The lowest BCUT2D eigenvalue weighted by atomic mass is 10.2. The molecule has 0 aliphatic heterocycles. The summed E-state index contributed by atoms with van der Waals surface area (Å²) < 4.78 is 0. The molecule has 2 rings (SSSR count). The van der Waals surface area contributed by atoms with E-state index in [9.17, 15) is 0 Å². The fraction of sp³-hybridized carbons (Fsp3) is 0.692. The highest BCUT2D eigenvalue weighted by Gasteiger charge is 2.18. The molecule has 0 aromatic carbocycles. The highest BCUT2D eigenvalue weighted by Crippen LogP contribution is 2.31. The van der Waals surface area contributed by atoms with E-state index in [1.54, 1.807) is 6.33 Å². The van der Waals surface area contributed by atoms with Crippen LogP contribution in [0, 0.1) is 0 Å². The number of aromatic nitrogens is 2. The van der Waals surface area contributed by atoms with Crippen molar-refractivity contribution in [3.05, 3.63) is 24.3 Å². The van der Waals surface area contributed by atoms with Crippen LogP contribution in [0.2, 0.25) is 0 Å². The zero-order valence-electron chi connectivity index (χ0n) is 10.4. The largest absolute Gasteiger partial charge is 0.309 e. The molecule has 1 aliphatic rings. The molecule has 1 atom stereocenters. The van der Waals surface area contributed by atoms with Crippen LogP contribution in [0.4, 0.5) is 0 Å². The quantitative estimate of drug-likeness (QED) is 0.843. The molecular formula is C13H21N3S. The molecule has 1 aliphatic carbocycles. The van der Waals surface area contributed by atoms with Crippen LogP contribution in [0.5, 0.6) is 0 Å². The van der Waals surface area contributed by atoms with E-state index in [-0.39, 0.29) is 0 Å². The van der Waals surface area contributed by atoms with Gasteiger partial charge in [0.1, 0.15) is 6.33 Å². The molecule has 0 bridgehead atoms. The topological polar surface area (TPSA) is 37.8 Å². The van der Waals surface area contributed by atoms with Crippen molar-refractivity contribution in [1.82, 2.24) is 15.3 Å². The van der Waals surface area contributed by atoms with E-state index >= 15 is 0 Å². The maximum absolute atomic E-state index is 4.11. The van der Waals surface area contributed by atoms with E-state index in [0.717, 1.165) is 17.5 Å². The monoisotopic (exact) mass is 251 g/mol. The Morgan fingerprint density at radius 1 is 1.35 bits per heavy atom. The lowest BCUT2D eigenvalue weighted by molar-refractivity contribution is 0.600. The van der Waals surface area contributed by atoms with Crippen LogP contribution in [0.3, 0.4) is 0 Å². The number of rotatable bonds is 6. The highest BCUT2D eigenvalue weighted by atomic mass is 32.2. The Labute approximate surface area is 108 Å². The van der Waals surface area contributed by atoms with E-state index < -0.39 is 0 Å². The minimum atomic E-state index is 0.395. The summed E-state index contributed by atoms with van der Waals surface area (Å²) in [6.45, 7) is 3.14. The summed E-state index contributed by atoms with van der Waals surface area (Å²) in [6.07, 6.45) is 11.1. The molecule has 1 fully saturated rings. The summed E-state index contributed by atoms with van der Waals surface area (Å²) in [7, 11) is 0. The van der Waals surface area contributed by atoms with Crippen LogP contribution in [-0.4, -0.2) is 27.5 Å². The SMILES string of the molecule is CCNC(CSC1CCCC1)c1cncnc1. The molecule has 0 radical (unpaired) electrons. The zero-order chi connectivity index (χ0) is 11.9. The summed E-state index contributed by atoms with van der Waals surface area (Å²) in [5.41, 5.74) is 1.21. The van der Waals surface area contributed by atoms with Crippen molar-refractivity contribution in [2.24, 2.45) is 0 Å². The van der Waals surface area contributed by atoms with Crippen molar-refractivity contribution in [1.29, 1.82) is 0 Å². The predicted molar refractivity (Wildman–Crippen MR) is 73.2 cm³/mol. The van der Waals surface area contributed by atoms with Gasteiger partial charge in [-0.3, -0.25) is 0 Å². The molecule has 1 aromatic rings. The van der Waals surface area contributed by atoms with Gasteiger partial charge in [-0.2, -0.15) is 11.8 Å². The molecule has 1 aromatic heterocycles. The smallest absolute Gasteiger partial charge is 0.115 e. The predicted octanol–water partition coefficient (Wildman–Crippen LogP) is 2.80. The highest BCUT2D eigenvalue weighted by molar-refractivity contribution is 7.99. The maximum Gasteiger partial charge on any atom is 0.115 e. The van der Waals surface area contributed by atoms with E-state index in [0.29, 0.717) is 6.04 Å². The van der Waals surface area contributed by atoms with Gasteiger partial charge in [-0.05, 0) is 19.4 Å². The van der Waals surface area contributed by atoms with E-state index in [1.165, 1.54) is 31.2 Å². The van der Waals surface area contributed by atoms with Crippen molar-refractivity contribution in [2.45, 2.75) is 43.9 Å². The van der Waals surface area contributed by atoms with Crippen LogP contribution in [0.25, 0.3) is 0 Å². The first kappa shape index (κ1) is 12.8. The Morgan fingerprint density at radius 2 is 2.06 bits per heavy atom. The standard InChI is InChI=1S/C13H21N3S/c1-2-16-13(11-7-14-10-15-8-11)9-17-12-5-3-4-6-12/h7-8,10,12-13,16H,2-6,9H2,1H3. The number of nitrogens with one attached hydrogen (secondary N) is 1. The summed E-state index contributed by atoms with van der Waals surface area (Å²) in [5, 5.41) is 4.40. The van der Waals surface area contributed by atoms with Crippen LogP contribution < -0.4 is 5.32 Å². The second-order valence-electron chi connectivity index (χ2n) is 4.52. The number of hydrogen-bond donors (Lipinski definition) is 1. The zero-order valence-corrected chi connectivity index (χ0v) is 11.2. The van der Waals surface area contributed by atoms with Gasteiger partial charge in [-0.15, -0.1) is 0 Å². The molecular weight excluding hydrogens is 230 g/mol.